The van der Waals surface area contributed by atoms with Gasteiger partial charge in [-0.05, 0) is 63.8 Å². The van der Waals surface area contributed by atoms with Gasteiger partial charge >= 0.3 is 0 Å². The second-order valence-electron chi connectivity index (χ2n) is 14.1. The number of sulfonamides is 1. The highest BCUT2D eigenvalue weighted by Gasteiger charge is 2.61. The van der Waals surface area contributed by atoms with Crippen LogP contribution in [0.15, 0.2) is 71.0 Å². The van der Waals surface area contributed by atoms with Crippen LogP contribution in [0.2, 0.25) is 0 Å². The van der Waals surface area contributed by atoms with Crippen molar-refractivity contribution in [2.45, 2.75) is 81.0 Å². The molecule has 13 nitrogen and oxygen atoms in total. The fourth-order valence-corrected chi connectivity index (χ4v) is 8.94. The summed E-state index contributed by atoms with van der Waals surface area (Å²) in [5.74, 6) is -0.229. The van der Waals surface area contributed by atoms with E-state index in [1.165, 1.54) is 17.4 Å². The van der Waals surface area contributed by atoms with Crippen LogP contribution in [-0.2, 0) is 19.6 Å². The summed E-state index contributed by atoms with van der Waals surface area (Å²) in [6.45, 7) is 5.10. The minimum absolute atomic E-state index is 0.0115. The van der Waals surface area contributed by atoms with E-state index in [1.54, 1.807) is 25.3 Å². The minimum Gasteiger partial charge on any atom is -0.497 e. The van der Waals surface area contributed by atoms with Crippen LogP contribution in [0.1, 0.15) is 52.4 Å². The van der Waals surface area contributed by atoms with Gasteiger partial charge in [0.25, 0.3) is 15.9 Å². The van der Waals surface area contributed by atoms with Gasteiger partial charge in [0.15, 0.2) is 5.13 Å². The Bertz CT molecular complexity index is 2140. The quantitative estimate of drug-likeness (QED) is 0.149. The number of pyridine rings is 1. The van der Waals surface area contributed by atoms with Crippen LogP contribution in [-0.4, -0.2) is 74.1 Å². The number of hydrogen-bond donors (Lipinski definition) is 5. The van der Waals surface area contributed by atoms with Crippen molar-refractivity contribution >= 4 is 54.9 Å². The first-order valence-corrected chi connectivity index (χ1v) is 20.4. The van der Waals surface area contributed by atoms with Gasteiger partial charge in [-0.15, -0.1) is 11.3 Å². The molecule has 2 fully saturated rings. The summed E-state index contributed by atoms with van der Waals surface area (Å²) in [7, 11) is -2.63. The SMILES string of the molecule is COc1ccc2c(O[C@H]3CN[C@H](C(=O)N[C@]45C[C@H]4/C=C\CCCCCNc4ccccc4S(=O)(=O)NC5=O)C3)cc(-c3csc(NC(C)C)n3)nc2c1. The number of allylic oxidation sites excluding steroid dienone is 1. The number of ether oxygens (including phenoxy) is 2. The minimum atomic E-state index is -4.24. The number of benzene rings is 2. The molecular weight excluding hydrogens is 715 g/mol. The van der Waals surface area contributed by atoms with Crippen molar-refractivity contribution in [2.24, 2.45) is 5.92 Å². The molecule has 1 aliphatic carbocycles. The number of amides is 2. The number of rotatable bonds is 8. The van der Waals surface area contributed by atoms with Crippen LogP contribution in [0.25, 0.3) is 22.3 Å². The van der Waals surface area contributed by atoms with Gasteiger partial charge in [0.05, 0.1) is 30.0 Å². The molecule has 0 bridgehead atoms. The van der Waals surface area contributed by atoms with E-state index in [0.717, 1.165) is 36.2 Å². The van der Waals surface area contributed by atoms with Gasteiger partial charge in [0, 0.05) is 54.4 Å². The maximum atomic E-state index is 13.8. The fourth-order valence-electron chi connectivity index (χ4n) is 6.86. The van der Waals surface area contributed by atoms with Crippen molar-refractivity contribution < 1.29 is 27.5 Å². The molecule has 2 aromatic heterocycles. The Morgan fingerprint density at radius 1 is 1.08 bits per heavy atom. The molecule has 0 unspecified atom stereocenters. The summed E-state index contributed by atoms with van der Waals surface area (Å²) in [4.78, 5) is 37.3. The van der Waals surface area contributed by atoms with Gasteiger partial charge < -0.3 is 30.7 Å². The van der Waals surface area contributed by atoms with Gasteiger partial charge in [0.1, 0.15) is 33.7 Å². The monoisotopic (exact) mass is 759 g/mol. The Kier molecular flexibility index (Phi) is 10.6. The van der Waals surface area contributed by atoms with Crippen LogP contribution in [0.3, 0.4) is 0 Å². The average molecular weight is 760 g/mol. The van der Waals surface area contributed by atoms with Crippen molar-refractivity contribution in [1.82, 2.24) is 25.3 Å². The lowest BCUT2D eigenvalue weighted by atomic mass is 10.1. The van der Waals surface area contributed by atoms with Crippen LogP contribution >= 0.6 is 11.3 Å². The lowest BCUT2D eigenvalue weighted by Crippen LogP contribution is -2.55. The molecule has 280 valence electrons. The molecule has 4 aromatic rings. The Morgan fingerprint density at radius 2 is 1.92 bits per heavy atom. The Labute approximate surface area is 313 Å². The molecule has 3 aliphatic rings. The summed E-state index contributed by atoms with van der Waals surface area (Å²) in [5, 5.41) is 16.3. The third-order valence-electron chi connectivity index (χ3n) is 9.76. The van der Waals surface area contributed by atoms with Crippen molar-refractivity contribution in [1.29, 1.82) is 0 Å². The van der Waals surface area contributed by atoms with Crippen LogP contribution in [0.5, 0.6) is 11.5 Å². The zero-order valence-corrected chi connectivity index (χ0v) is 31.6. The summed E-state index contributed by atoms with van der Waals surface area (Å²) >= 11 is 1.50. The number of thiazole rings is 1. The normalized spacial score (nSPS) is 24.8. The highest BCUT2D eigenvalue weighted by molar-refractivity contribution is 7.90. The predicted octanol–water partition coefficient (Wildman–Crippen LogP) is 5.22. The van der Waals surface area contributed by atoms with E-state index in [4.69, 9.17) is 19.4 Å². The lowest BCUT2D eigenvalue weighted by Gasteiger charge is -2.22. The highest BCUT2D eigenvalue weighted by atomic mass is 32.2. The second-order valence-corrected chi connectivity index (χ2v) is 16.6. The molecule has 0 radical (unpaired) electrons. The van der Waals surface area contributed by atoms with Crippen molar-refractivity contribution in [3.8, 4) is 22.9 Å². The molecule has 7 rings (SSSR count). The number of nitrogens with one attached hydrogen (secondary N) is 5. The number of fused-ring (bicyclic) bond motifs is 3. The fraction of sp³-hybridized carbons (Fsp3) is 0.421. The number of para-hydroxylation sites is 1. The second kappa shape index (κ2) is 15.3. The first kappa shape index (κ1) is 36.6. The smallest absolute Gasteiger partial charge is 0.266 e. The van der Waals surface area contributed by atoms with Crippen molar-refractivity contribution in [2.75, 3.05) is 30.8 Å². The van der Waals surface area contributed by atoms with E-state index in [-0.39, 0.29) is 23.0 Å². The summed E-state index contributed by atoms with van der Waals surface area (Å²) in [6.07, 6.45) is 7.85. The first-order valence-electron chi connectivity index (χ1n) is 18.0. The average Bonchev–Trinajstić information content (AvgIpc) is 3.40. The topological polar surface area (TPSA) is 173 Å². The largest absolute Gasteiger partial charge is 0.497 e. The van der Waals surface area contributed by atoms with E-state index in [1.807, 2.05) is 41.8 Å². The molecule has 2 amide bonds. The molecule has 2 aromatic carbocycles. The van der Waals surface area contributed by atoms with Gasteiger partial charge in [-0.1, -0.05) is 30.7 Å². The number of carbonyl (C=O) groups is 2. The lowest BCUT2D eigenvalue weighted by molar-refractivity contribution is -0.130. The maximum absolute atomic E-state index is 13.8. The zero-order valence-electron chi connectivity index (χ0n) is 30.0. The number of hydrogen-bond acceptors (Lipinski definition) is 12. The number of nitrogens with zero attached hydrogens (tertiary/aromatic N) is 2. The highest BCUT2D eigenvalue weighted by Crippen LogP contribution is 2.46. The van der Waals surface area contributed by atoms with Gasteiger partial charge in [-0.3, -0.25) is 9.59 Å². The summed E-state index contributed by atoms with van der Waals surface area (Å²) < 4.78 is 41.4. The van der Waals surface area contributed by atoms with Crippen LogP contribution in [0, 0.1) is 5.92 Å². The number of methoxy groups -OCH3 is 1. The summed E-state index contributed by atoms with van der Waals surface area (Å²) in [5.41, 5.74) is 1.07. The van der Waals surface area contributed by atoms with E-state index < -0.39 is 33.4 Å². The van der Waals surface area contributed by atoms with Crippen molar-refractivity contribution in [3.63, 3.8) is 0 Å². The molecule has 4 atom stereocenters. The van der Waals surface area contributed by atoms with Crippen molar-refractivity contribution in [3.05, 3.63) is 66.1 Å². The zero-order chi connectivity index (χ0) is 37.2. The summed E-state index contributed by atoms with van der Waals surface area (Å²) in [6, 6.07) is 13.6. The molecule has 5 N–H and O–H groups in total. The van der Waals surface area contributed by atoms with E-state index in [0.29, 0.717) is 60.0 Å². The standard InChI is InChI=1S/C38H45N7O6S2/c1-23(2)41-37-43-32(22-52-37)30-19-33(27-15-14-25(50-3)17-29(27)42-30)51-26-18-31(40-21-26)35(46)44-38-20-24(38)11-7-5-4-6-10-16-39-28-12-8-9-13-34(28)53(48,49)45-36(38)47/h7-9,11-15,17,19,22-24,26,31,39-40H,4-6,10,16,18,20-21H2,1-3H3,(H,41,43)(H,44,46)(H,45,47)/b11-7-/t24-,26-,31+,38-/m1/s1. The number of carbonyl (C=O) groups excluding carboxylic acids is 2. The Hall–Kier alpha value is -4.73. The van der Waals surface area contributed by atoms with E-state index in [2.05, 4.69) is 39.8 Å². The first-order chi connectivity index (χ1) is 25.5. The molecule has 1 saturated carbocycles. The predicted molar refractivity (Wildman–Crippen MR) is 206 cm³/mol. The van der Waals surface area contributed by atoms with Gasteiger partial charge in [0.2, 0.25) is 5.91 Å². The molecule has 0 spiro atoms. The Morgan fingerprint density at radius 3 is 2.75 bits per heavy atom. The molecule has 4 heterocycles. The Balaban J connectivity index is 1.09. The van der Waals surface area contributed by atoms with E-state index in [9.17, 15) is 18.0 Å². The third kappa shape index (κ3) is 8.11. The molecule has 15 heteroatoms. The molecular formula is C38H45N7O6S2. The van der Waals surface area contributed by atoms with Crippen LogP contribution in [0.4, 0.5) is 10.8 Å². The molecule has 53 heavy (non-hydrogen) atoms. The third-order valence-corrected chi connectivity index (χ3v) is 11.9. The maximum Gasteiger partial charge on any atom is 0.266 e. The molecule has 1 saturated heterocycles. The van der Waals surface area contributed by atoms with E-state index >= 15 is 0 Å². The van der Waals surface area contributed by atoms with Gasteiger partial charge in [-0.25, -0.2) is 23.1 Å². The van der Waals surface area contributed by atoms with Crippen LogP contribution < -0.4 is 35.5 Å². The molecule has 2 aliphatic heterocycles. The van der Waals surface area contributed by atoms with Gasteiger partial charge in [-0.2, -0.15) is 0 Å². The number of anilines is 2. The number of aromatic nitrogens is 2.